The quantitative estimate of drug-likeness (QED) is 0.507. The summed E-state index contributed by atoms with van der Waals surface area (Å²) >= 11 is 0. The summed E-state index contributed by atoms with van der Waals surface area (Å²) in [7, 11) is -4.16. The zero-order chi connectivity index (χ0) is 12.4. The standard InChI is InChI=1S/C10H19O5P/c1-3-8-5-9(11)6-10(8,4-2)15-7-16(12,13)14/h5,9,11H,3-4,6-7H2,1-2H3,(H2,12,13,14). The molecular formula is C10H19O5P. The van der Waals surface area contributed by atoms with Gasteiger partial charge in [0.2, 0.25) is 0 Å². The molecule has 94 valence electrons. The fraction of sp³-hybridized carbons (Fsp3) is 0.800. The molecule has 3 N–H and O–H groups in total. The number of rotatable bonds is 5. The number of aliphatic hydroxyl groups is 1. The van der Waals surface area contributed by atoms with Crippen molar-refractivity contribution in [2.24, 2.45) is 0 Å². The van der Waals surface area contributed by atoms with Gasteiger partial charge in [0.15, 0.2) is 0 Å². The Morgan fingerprint density at radius 1 is 1.56 bits per heavy atom. The van der Waals surface area contributed by atoms with Crippen molar-refractivity contribution in [1.82, 2.24) is 0 Å². The van der Waals surface area contributed by atoms with Crippen molar-refractivity contribution in [2.45, 2.75) is 44.8 Å². The zero-order valence-corrected chi connectivity index (χ0v) is 10.5. The molecule has 0 aromatic heterocycles. The maximum atomic E-state index is 10.8. The summed E-state index contributed by atoms with van der Waals surface area (Å²) < 4.78 is 16.2. The molecule has 1 aliphatic rings. The van der Waals surface area contributed by atoms with Crippen molar-refractivity contribution in [3.63, 3.8) is 0 Å². The average Bonchev–Trinajstić information content (AvgIpc) is 2.51. The molecule has 0 radical (unpaired) electrons. The monoisotopic (exact) mass is 250 g/mol. The molecule has 0 fully saturated rings. The van der Waals surface area contributed by atoms with Crippen LogP contribution in [0.25, 0.3) is 0 Å². The van der Waals surface area contributed by atoms with E-state index in [-0.39, 0.29) is 0 Å². The van der Waals surface area contributed by atoms with Gasteiger partial charge < -0.3 is 19.6 Å². The lowest BCUT2D eigenvalue weighted by molar-refractivity contribution is -0.0179. The lowest BCUT2D eigenvalue weighted by Gasteiger charge is -2.31. The maximum absolute atomic E-state index is 10.8. The van der Waals surface area contributed by atoms with E-state index in [1.807, 2.05) is 13.8 Å². The fourth-order valence-electron chi connectivity index (χ4n) is 2.18. The molecule has 2 atom stereocenters. The van der Waals surface area contributed by atoms with Crippen LogP contribution in [0.1, 0.15) is 33.1 Å². The van der Waals surface area contributed by atoms with E-state index in [1.165, 1.54) is 0 Å². The van der Waals surface area contributed by atoms with Gasteiger partial charge in [0.1, 0.15) is 6.35 Å². The van der Waals surface area contributed by atoms with E-state index >= 15 is 0 Å². The lowest BCUT2D eigenvalue weighted by atomic mass is 9.90. The van der Waals surface area contributed by atoms with Gasteiger partial charge in [-0.25, -0.2) is 0 Å². The minimum absolute atomic E-state index is 0.382. The van der Waals surface area contributed by atoms with Gasteiger partial charge in [0.25, 0.3) is 0 Å². The van der Waals surface area contributed by atoms with Crippen molar-refractivity contribution in [3.8, 4) is 0 Å². The van der Waals surface area contributed by atoms with Crippen LogP contribution in [0, 0.1) is 0 Å². The van der Waals surface area contributed by atoms with E-state index in [2.05, 4.69) is 0 Å². The largest absolute Gasteiger partial charge is 0.389 e. The summed E-state index contributed by atoms with van der Waals surface area (Å²) in [6.07, 6.45) is 2.25. The topological polar surface area (TPSA) is 87.0 Å². The van der Waals surface area contributed by atoms with Crippen LogP contribution in [0.5, 0.6) is 0 Å². The van der Waals surface area contributed by atoms with Gasteiger partial charge >= 0.3 is 7.60 Å². The summed E-state index contributed by atoms with van der Waals surface area (Å²) in [6, 6.07) is 0. The molecule has 0 saturated carbocycles. The van der Waals surface area contributed by atoms with Gasteiger partial charge in [0, 0.05) is 6.42 Å². The third-order valence-corrected chi connectivity index (χ3v) is 3.44. The highest BCUT2D eigenvalue weighted by molar-refractivity contribution is 7.51. The van der Waals surface area contributed by atoms with E-state index in [1.54, 1.807) is 6.08 Å². The molecule has 0 spiro atoms. The Kier molecular flexibility index (Phi) is 4.32. The van der Waals surface area contributed by atoms with Crippen LogP contribution in [0.3, 0.4) is 0 Å². The molecule has 16 heavy (non-hydrogen) atoms. The Bertz CT molecular complexity index is 321. The first-order valence-corrected chi connectivity index (χ1v) is 7.20. The van der Waals surface area contributed by atoms with Crippen LogP contribution >= 0.6 is 7.60 Å². The minimum Gasteiger partial charge on any atom is -0.389 e. The summed E-state index contributed by atoms with van der Waals surface area (Å²) in [5.41, 5.74) is 0.228. The summed E-state index contributed by atoms with van der Waals surface area (Å²) in [5.74, 6) is 0. The van der Waals surface area contributed by atoms with E-state index < -0.39 is 25.6 Å². The molecule has 1 aliphatic carbocycles. The van der Waals surface area contributed by atoms with Crippen molar-refractivity contribution in [1.29, 1.82) is 0 Å². The predicted molar refractivity (Wildman–Crippen MR) is 60.0 cm³/mol. The molecule has 1 rings (SSSR count). The predicted octanol–water partition coefficient (Wildman–Crippen LogP) is 1.39. The van der Waals surface area contributed by atoms with E-state index in [4.69, 9.17) is 14.5 Å². The first-order chi connectivity index (χ1) is 7.33. The highest BCUT2D eigenvalue weighted by Gasteiger charge is 2.40. The number of ether oxygens (including phenoxy) is 1. The molecule has 0 aliphatic heterocycles. The van der Waals surface area contributed by atoms with Crippen molar-refractivity contribution >= 4 is 7.60 Å². The van der Waals surface area contributed by atoms with Crippen molar-refractivity contribution in [2.75, 3.05) is 6.35 Å². The van der Waals surface area contributed by atoms with E-state index in [0.717, 1.165) is 5.57 Å². The minimum atomic E-state index is -4.16. The Morgan fingerprint density at radius 2 is 2.19 bits per heavy atom. The second-order valence-electron chi connectivity index (χ2n) is 4.10. The molecule has 0 bridgehead atoms. The van der Waals surface area contributed by atoms with Crippen LogP contribution in [0.2, 0.25) is 0 Å². The van der Waals surface area contributed by atoms with E-state index in [0.29, 0.717) is 19.3 Å². The van der Waals surface area contributed by atoms with Crippen LogP contribution < -0.4 is 0 Å². The third-order valence-electron chi connectivity index (χ3n) is 2.98. The Balaban J connectivity index is 2.79. The van der Waals surface area contributed by atoms with Crippen molar-refractivity contribution in [3.05, 3.63) is 11.6 Å². The summed E-state index contributed by atoms with van der Waals surface area (Å²) in [6.45, 7) is 3.83. The normalized spacial score (nSPS) is 30.6. The molecule has 0 heterocycles. The maximum Gasteiger partial charge on any atom is 0.351 e. The molecule has 0 aromatic rings. The molecule has 0 aromatic carbocycles. The summed E-state index contributed by atoms with van der Waals surface area (Å²) in [4.78, 5) is 17.6. The van der Waals surface area contributed by atoms with Gasteiger partial charge in [-0.2, -0.15) is 0 Å². The molecule has 0 saturated heterocycles. The smallest absolute Gasteiger partial charge is 0.351 e. The first-order valence-electron chi connectivity index (χ1n) is 5.40. The first kappa shape index (κ1) is 13.9. The second-order valence-corrected chi connectivity index (χ2v) is 5.69. The van der Waals surface area contributed by atoms with Gasteiger partial charge in [0.05, 0.1) is 11.7 Å². The third kappa shape index (κ3) is 3.15. The highest BCUT2D eigenvalue weighted by atomic mass is 31.2. The van der Waals surface area contributed by atoms with Gasteiger partial charge in [-0.1, -0.05) is 19.9 Å². The Labute approximate surface area is 95.3 Å². The molecule has 5 nitrogen and oxygen atoms in total. The Morgan fingerprint density at radius 3 is 2.62 bits per heavy atom. The van der Waals surface area contributed by atoms with Gasteiger partial charge in [-0.15, -0.1) is 0 Å². The fourth-order valence-corrected chi connectivity index (χ4v) is 2.60. The van der Waals surface area contributed by atoms with E-state index in [9.17, 15) is 9.67 Å². The number of hydrogen-bond donors (Lipinski definition) is 3. The molecule has 0 amide bonds. The number of aliphatic hydroxyl groups excluding tert-OH is 1. The van der Waals surface area contributed by atoms with Crippen LogP contribution in [0.4, 0.5) is 0 Å². The molecule has 6 heteroatoms. The summed E-state index contributed by atoms with van der Waals surface area (Å²) in [5, 5.41) is 9.58. The molecular weight excluding hydrogens is 231 g/mol. The highest BCUT2D eigenvalue weighted by Crippen LogP contribution is 2.43. The van der Waals surface area contributed by atoms with Gasteiger partial charge in [-0.05, 0) is 18.4 Å². The van der Waals surface area contributed by atoms with Crippen LogP contribution in [-0.4, -0.2) is 32.9 Å². The van der Waals surface area contributed by atoms with Crippen molar-refractivity contribution < 1.29 is 24.2 Å². The van der Waals surface area contributed by atoms with Gasteiger partial charge in [-0.3, -0.25) is 4.57 Å². The Hall–Kier alpha value is -0.190. The lowest BCUT2D eigenvalue weighted by Crippen LogP contribution is -2.33. The average molecular weight is 250 g/mol. The zero-order valence-electron chi connectivity index (χ0n) is 9.59. The second kappa shape index (κ2) is 4.98. The molecule has 2 unspecified atom stereocenters. The van der Waals surface area contributed by atoms with Crippen LogP contribution in [0.15, 0.2) is 11.6 Å². The van der Waals surface area contributed by atoms with Crippen LogP contribution in [-0.2, 0) is 9.30 Å². The number of hydrogen-bond acceptors (Lipinski definition) is 3. The SMILES string of the molecule is CCC1=CC(O)CC1(CC)OCP(=O)(O)O.